The van der Waals surface area contributed by atoms with Gasteiger partial charge in [-0.15, -0.1) is 0 Å². The molecule has 0 spiro atoms. The van der Waals surface area contributed by atoms with Gasteiger partial charge in [0.1, 0.15) is 0 Å². The third-order valence-electron chi connectivity index (χ3n) is 6.45. The summed E-state index contributed by atoms with van der Waals surface area (Å²) in [5, 5.41) is 0. The molecule has 3 saturated heterocycles. The molecule has 0 aromatic rings. The highest BCUT2D eigenvalue weighted by molar-refractivity contribution is 5.78. The molecule has 190 valence electrons. The quantitative estimate of drug-likeness (QED) is 0.606. The first-order valence-electron chi connectivity index (χ1n) is 13.6. The third-order valence-corrected chi connectivity index (χ3v) is 6.45. The van der Waals surface area contributed by atoms with E-state index in [1.165, 1.54) is 77.8 Å². The molecule has 5 nitrogen and oxygen atoms in total. The maximum Gasteiger partial charge on any atom is 0.225 e. The number of likely N-dealkylation sites (N-methyl/N-ethyl adjacent to an activating group) is 1. The molecule has 3 aliphatic rings. The summed E-state index contributed by atoms with van der Waals surface area (Å²) in [7, 11) is 2.09. The predicted octanol–water partition coefficient (Wildman–Crippen LogP) is 4.67. The van der Waals surface area contributed by atoms with Crippen molar-refractivity contribution in [3.05, 3.63) is 0 Å². The van der Waals surface area contributed by atoms with Gasteiger partial charge in [-0.05, 0) is 70.7 Å². The van der Waals surface area contributed by atoms with Crippen molar-refractivity contribution in [3.63, 3.8) is 0 Å². The van der Waals surface area contributed by atoms with E-state index in [1.54, 1.807) is 0 Å². The third kappa shape index (κ3) is 13.8. The Hall–Kier alpha value is -0.650. The van der Waals surface area contributed by atoms with Crippen molar-refractivity contribution in [2.75, 3.05) is 72.5 Å². The molecule has 0 radical (unpaired) electrons. The van der Waals surface area contributed by atoms with Gasteiger partial charge in [0, 0.05) is 45.2 Å². The second kappa shape index (κ2) is 16.9. The lowest BCUT2D eigenvalue weighted by Gasteiger charge is -2.33. The number of piperazine rings is 1. The Morgan fingerprint density at radius 3 is 1.28 bits per heavy atom. The van der Waals surface area contributed by atoms with E-state index in [4.69, 9.17) is 0 Å². The van der Waals surface area contributed by atoms with Crippen molar-refractivity contribution in [3.8, 4) is 0 Å². The van der Waals surface area contributed by atoms with Crippen LogP contribution in [-0.2, 0) is 4.79 Å². The highest BCUT2D eigenvalue weighted by atomic mass is 16.2. The molecule has 32 heavy (non-hydrogen) atoms. The Labute approximate surface area is 200 Å². The van der Waals surface area contributed by atoms with Gasteiger partial charge in [0.2, 0.25) is 5.91 Å². The van der Waals surface area contributed by atoms with E-state index in [9.17, 15) is 4.79 Å². The monoisotopic (exact) mass is 452 g/mol. The molecule has 0 aromatic carbocycles. The number of hydrogen-bond donors (Lipinski definition) is 0. The smallest absolute Gasteiger partial charge is 0.225 e. The standard InChI is InChI=1S/C9H18N2O.2C9H19N/c1-8(2)9(12)11-6-4-10(3)5-7-11;2*1-9(2)8-10-6-4-3-5-7-10/h8H,4-7H2,1-3H3;2*9H,3-8H2,1-2H3. The minimum Gasteiger partial charge on any atom is -0.340 e. The fourth-order valence-electron chi connectivity index (χ4n) is 4.71. The van der Waals surface area contributed by atoms with Crippen LogP contribution in [0, 0.1) is 17.8 Å². The van der Waals surface area contributed by atoms with Crippen LogP contribution in [0.1, 0.15) is 80.1 Å². The average molecular weight is 453 g/mol. The highest BCUT2D eigenvalue weighted by Crippen LogP contribution is 2.11. The van der Waals surface area contributed by atoms with Gasteiger partial charge in [-0.3, -0.25) is 4.79 Å². The van der Waals surface area contributed by atoms with Crippen LogP contribution in [0.4, 0.5) is 0 Å². The van der Waals surface area contributed by atoms with Crippen LogP contribution in [0.15, 0.2) is 0 Å². The Bertz CT molecular complexity index is 436. The maximum atomic E-state index is 11.5. The second-order valence-electron chi connectivity index (χ2n) is 11.3. The zero-order valence-electron chi connectivity index (χ0n) is 22.7. The number of carbonyl (C=O) groups excluding carboxylic acids is 1. The number of nitrogens with zero attached hydrogens (tertiary/aromatic N) is 4. The highest BCUT2D eigenvalue weighted by Gasteiger charge is 2.20. The van der Waals surface area contributed by atoms with Gasteiger partial charge in [0.05, 0.1) is 0 Å². The van der Waals surface area contributed by atoms with E-state index in [1.807, 2.05) is 18.7 Å². The molecule has 1 amide bonds. The summed E-state index contributed by atoms with van der Waals surface area (Å²) >= 11 is 0. The molecular weight excluding hydrogens is 396 g/mol. The first kappa shape index (κ1) is 29.4. The largest absolute Gasteiger partial charge is 0.340 e. The number of piperidine rings is 2. The summed E-state index contributed by atoms with van der Waals surface area (Å²) in [4.78, 5) is 20.9. The molecule has 3 heterocycles. The zero-order valence-corrected chi connectivity index (χ0v) is 22.7. The number of rotatable bonds is 5. The van der Waals surface area contributed by atoms with Crippen molar-refractivity contribution in [1.29, 1.82) is 0 Å². The van der Waals surface area contributed by atoms with E-state index in [2.05, 4.69) is 49.4 Å². The minimum absolute atomic E-state index is 0.147. The average Bonchev–Trinajstić information content (AvgIpc) is 2.75. The molecule has 0 bridgehead atoms. The number of likely N-dealkylation sites (tertiary alicyclic amines) is 2. The van der Waals surface area contributed by atoms with Crippen molar-refractivity contribution in [2.45, 2.75) is 80.1 Å². The van der Waals surface area contributed by atoms with Crippen molar-refractivity contribution in [2.24, 2.45) is 17.8 Å². The van der Waals surface area contributed by atoms with Crippen LogP contribution in [0.2, 0.25) is 0 Å². The summed E-state index contributed by atoms with van der Waals surface area (Å²) in [6.07, 6.45) is 8.60. The SMILES string of the molecule is CC(C)C(=O)N1CCN(C)CC1.CC(C)CN1CCCCC1.CC(C)CN1CCCCC1. The second-order valence-corrected chi connectivity index (χ2v) is 11.3. The van der Waals surface area contributed by atoms with Gasteiger partial charge in [0.25, 0.3) is 0 Å². The Balaban J connectivity index is 0.000000241. The zero-order chi connectivity index (χ0) is 23.9. The molecule has 0 atom stereocenters. The van der Waals surface area contributed by atoms with Gasteiger partial charge in [-0.1, -0.05) is 54.4 Å². The summed E-state index contributed by atoms with van der Waals surface area (Å²) in [6, 6.07) is 0. The fourth-order valence-corrected chi connectivity index (χ4v) is 4.71. The number of amides is 1. The first-order valence-corrected chi connectivity index (χ1v) is 13.6. The lowest BCUT2D eigenvalue weighted by Crippen LogP contribution is -2.48. The topological polar surface area (TPSA) is 30.0 Å². The van der Waals surface area contributed by atoms with Crippen LogP contribution < -0.4 is 0 Å². The van der Waals surface area contributed by atoms with Gasteiger partial charge < -0.3 is 19.6 Å². The molecule has 0 saturated carbocycles. The van der Waals surface area contributed by atoms with Crippen LogP contribution in [0.25, 0.3) is 0 Å². The Kier molecular flexibility index (Phi) is 15.5. The van der Waals surface area contributed by atoms with Gasteiger partial charge in [-0.25, -0.2) is 0 Å². The predicted molar refractivity (Wildman–Crippen MR) is 139 cm³/mol. The molecule has 3 fully saturated rings. The van der Waals surface area contributed by atoms with E-state index in [-0.39, 0.29) is 5.92 Å². The number of carbonyl (C=O) groups is 1. The maximum absolute atomic E-state index is 11.5. The molecule has 0 aromatic heterocycles. The van der Waals surface area contributed by atoms with Gasteiger partial charge in [-0.2, -0.15) is 0 Å². The lowest BCUT2D eigenvalue weighted by molar-refractivity contribution is -0.136. The summed E-state index contributed by atoms with van der Waals surface area (Å²) in [6.45, 7) is 24.9. The van der Waals surface area contributed by atoms with Crippen LogP contribution in [0.3, 0.4) is 0 Å². The molecule has 3 aliphatic heterocycles. The fraction of sp³-hybridized carbons (Fsp3) is 0.963. The van der Waals surface area contributed by atoms with E-state index >= 15 is 0 Å². The minimum atomic E-state index is 0.147. The van der Waals surface area contributed by atoms with Crippen molar-refractivity contribution < 1.29 is 4.79 Å². The lowest BCUT2D eigenvalue weighted by atomic mass is 10.1. The van der Waals surface area contributed by atoms with E-state index < -0.39 is 0 Å². The van der Waals surface area contributed by atoms with Crippen LogP contribution >= 0.6 is 0 Å². The Morgan fingerprint density at radius 1 is 0.594 bits per heavy atom. The number of hydrogen-bond acceptors (Lipinski definition) is 4. The van der Waals surface area contributed by atoms with Gasteiger partial charge in [0.15, 0.2) is 0 Å². The summed E-state index contributed by atoms with van der Waals surface area (Å²) in [5.74, 6) is 2.13. The van der Waals surface area contributed by atoms with Gasteiger partial charge >= 0.3 is 0 Å². The van der Waals surface area contributed by atoms with Crippen LogP contribution in [-0.4, -0.2) is 98.0 Å². The molecule has 0 N–H and O–H groups in total. The van der Waals surface area contributed by atoms with Crippen molar-refractivity contribution >= 4 is 5.91 Å². The van der Waals surface area contributed by atoms with E-state index in [0.29, 0.717) is 5.91 Å². The van der Waals surface area contributed by atoms with Crippen LogP contribution in [0.5, 0.6) is 0 Å². The summed E-state index contributed by atoms with van der Waals surface area (Å²) in [5.41, 5.74) is 0. The van der Waals surface area contributed by atoms with Crippen molar-refractivity contribution in [1.82, 2.24) is 19.6 Å². The summed E-state index contributed by atoms with van der Waals surface area (Å²) < 4.78 is 0. The molecule has 0 unspecified atom stereocenters. The normalized spacial score (nSPS) is 21.2. The molecular formula is C27H56N4O. The molecule has 3 rings (SSSR count). The molecule has 0 aliphatic carbocycles. The Morgan fingerprint density at radius 2 is 0.969 bits per heavy atom. The first-order chi connectivity index (χ1) is 15.2. The van der Waals surface area contributed by atoms with E-state index in [0.717, 1.165) is 38.0 Å². The molecule has 5 heteroatoms.